The highest BCUT2D eigenvalue weighted by Crippen LogP contribution is 2.29. The van der Waals surface area contributed by atoms with Crippen LogP contribution in [0.3, 0.4) is 0 Å². The maximum absolute atomic E-state index is 14.0. The first kappa shape index (κ1) is 26.0. The number of benzene rings is 3. The first-order chi connectivity index (χ1) is 17.8. The van der Waals surface area contributed by atoms with Gasteiger partial charge in [-0.2, -0.15) is 0 Å². The minimum absolute atomic E-state index is 0.0502. The van der Waals surface area contributed by atoms with Gasteiger partial charge in [0.25, 0.3) is 11.5 Å². The molecule has 2 N–H and O–H groups in total. The van der Waals surface area contributed by atoms with Crippen LogP contribution in [0.2, 0.25) is 0 Å². The summed E-state index contributed by atoms with van der Waals surface area (Å²) in [7, 11) is 1.77. The topological polar surface area (TPSA) is 85.1 Å². The maximum Gasteiger partial charge on any atom is 0.295 e. The lowest BCUT2D eigenvalue weighted by molar-refractivity contribution is -0.115. The SMILES string of the molecule is CCC(Sc1cccc(NC(=O)c2ccccc2F)c1)C(=O)Nc1c(C)n(C)n(-c2ccccc2)c1=O. The normalized spacial score (nSPS) is 11.7. The number of thioether (sulfide) groups is 1. The molecule has 2 amide bonds. The van der Waals surface area contributed by atoms with E-state index in [4.69, 9.17) is 0 Å². The Morgan fingerprint density at radius 1 is 0.973 bits per heavy atom. The highest BCUT2D eigenvalue weighted by molar-refractivity contribution is 8.00. The largest absolute Gasteiger partial charge is 0.322 e. The molecule has 9 heteroatoms. The number of carbonyl (C=O) groups is 2. The summed E-state index contributed by atoms with van der Waals surface area (Å²) in [5, 5.41) is 5.05. The molecule has 0 radical (unpaired) electrons. The second-order valence-corrected chi connectivity index (χ2v) is 9.68. The summed E-state index contributed by atoms with van der Waals surface area (Å²) in [5.41, 5.74) is 1.71. The number of carbonyl (C=O) groups excluding carboxylic acids is 2. The van der Waals surface area contributed by atoms with Crippen LogP contribution in [0.1, 0.15) is 29.4 Å². The molecule has 4 rings (SSSR count). The van der Waals surface area contributed by atoms with Crippen LogP contribution < -0.4 is 16.2 Å². The molecular formula is C28H27FN4O3S. The zero-order chi connectivity index (χ0) is 26.5. The Bertz CT molecular complexity index is 1500. The van der Waals surface area contributed by atoms with Gasteiger partial charge in [0.05, 0.1) is 22.2 Å². The molecule has 0 aliphatic heterocycles. The molecule has 1 unspecified atom stereocenters. The molecule has 1 heterocycles. The van der Waals surface area contributed by atoms with Crippen molar-refractivity contribution in [1.29, 1.82) is 0 Å². The number of hydrogen-bond donors (Lipinski definition) is 2. The Morgan fingerprint density at radius 3 is 2.38 bits per heavy atom. The predicted molar refractivity (Wildman–Crippen MR) is 145 cm³/mol. The van der Waals surface area contributed by atoms with E-state index >= 15 is 0 Å². The van der Waals surface area contributed by atoms with Gasteiger partial charge >= 0.3 is 0 Å². The summed E-state index contributed by atoms with van der Waals surface area (Å²) in [6, 6.07) is 22.0. The smallest absolute Gasteiger partial charge is 0.295 e. The summed E-state index contributed by atoms with van der Waals surface area (Å²) >= 11 is 1.32. The average Bonchev–Trinajstić information content (AvgIpc) is 3.11. The van der Waals surface area contributed by atoms with Crippen molar-refractivity contribution in [3.8, 4) is 5.69 Å². The number of aromatic nitrogens is 2. The van der Waals surface area contributed by atoms with Gasteiger partial charge in [0.15, 0.2) is 0 Å². The van der Waals surface area contributed by atoms with Gasteiger partial charge in [-0.05, 0) is 55.8 Å². The molecule has 4 aromatic rings. The van der Waals surface area contributed by atoms with Gasteiger partial charge in [0.2, 0.25) is 5.91 Å². The lowest BCUT2D eigenvalue weighted by Crippen LogP contribution is -2.28. The lowest BCUT2D eigenvalue weighted by atomic mass is 10.2. The molecule has 7 nitrogen and oxygen atoms in total. The highest BCUT2D eigenvalue weighted by atomic mass is 32.2. The summed E-state index contributed by atoms with van der Waals surface area (Å²) in [4.78, 5) is 39.6. The van der Waals surface area contributed by atoms with E-state index in [0.29, 0.717) is 23.5 Å². The van der Waals surface area contributed by atoms with Crippen molar-refractivity contribution in [3.05, 3.63) is 106 Å². The second-order valence-electron chi connectivity index (χ2n) is 8.40. The monoisotopic (exact) mass is 518 g/mol. The first-order valence-corrected chi connectivity index (χ1v) is 12.7. The van der Waals surface area contributed by atoms with Gasteiger partial charge in [-0.15, -0.1) is 11.8 Å². The van der Waals surface area contributed by atoms with Crippen molar-refractivity contribution in [2.24, 2.45) is 7.05 Å². The fraction of sp³-hybridized carbons (Fsp3) is 0.179. The van der Waals surface area contributed by atoms with Crippen molar-refractivity contribution in [3.63, 3.8) is 0 Å². The first-order valence-electron chi connectivity index (χ1n) is 11.8. The van der Waals surface area contributed by atoms with Gasteiger partial charge in [-0.25, -0.2) is 9.07 Å². The second kappa shape index (κ2) is 11.3. The van der Waals surface area contributed by atoms with E-state index < -0.39 is 17.0 Å². The summed E-state index contributed by atoms with van der Waals surface area (Å²) < 4.78 is 17.2. The Kier molecular flexibility index (Phi) is 7.93. The average molecular weight is 519 g/mol. The van der Waals surface area contributed by atoms with Gasteiger partial charge in [-0.3, -0.25) is 19.1 Å². The van der Waals surface area contributed by atoms with Crippen molar-refractivity contribution < 1.29 is 14.0 Å². The van der Waals surface area contributed by atoms with E-state index in [0.717, 1.165) is 4.90 Å². The Morgan fingerprint density at radius 2 is 1.68 bits per heavy atom. The quantitative estimate of drug-likeness (QED) is 0.307. The number of nitrogens with one attached hydrogen (secondary N) is 2. The Balaban J connectivity index is 1.49. The number of amides is 2. The van der Waals surface area contributed by atoms with Crippen LogP contribution in [0.4, 0.5) is 15.8 Å². The molecule has 0 fully saturated rings. The highest BCUT2D eigenvalue weighted by Gasteiger charge is 2.23. The van der Waals surface area contributed by atoms with Crippen molar-refractivity contribution >= 4 is 35.0 Å². The predicted octanol–water partition coefficient (Wildman–Crippen LogP) is 5.39. The molecule has 190 valence electrons. The number of nitrogens with zero attached hydrogens (tertiary/aromatic N) is 2. The Labute approximate surface area is 218 Å². The van der Waals surface area contributed by atoms with Crippen molar-refractivity contribution in [1.82, 2.24) is 9.36 Å². The van der Waals surface area contributed by atoms with E-state index in [1.54, 1.807) is 42.9 Å². The molecule has 0 aliphatic carbocycles. The fourth-order valence-electron chi connectivity index (χ4n) is 3.89. The van der Waals surface area contributed by atoms with E-state index in [1.807, 2.05) is 43.3 Å². The van der Waals surface area contributed by atoms with Gasteiger partial charge in [0.1, 0.15) is 11.5 Å². The van der Waals surface area contributed by atoms with Crippen LogP contribution >= 0.6 is 11.8 Å². The third-order valence-corrected chi connectivity index (χ3v) is 7.31. The van der Waals surface area contributed by atoms with Gasteiger partial charge in [0, 0.05) is 17.6 Å². The lowest BCUT2D eigenvalue weighted by Gasteiger charge is -2.15. The number of anilines is 2. The van der Waals surface area contributed by atoms with E-state index in [2.05, 4.69) is 10.6 Å². The molecule has 0 spiro atoms. The van der Waals surface area contributed by atoms with Crippen molar-refractivity contribution in [2.45, 2.75) is 30.4 Å². The van der Waals surface area contributed by atoms with Gasteiger partial charge < -0.3 is 10.6 Å². The standard InChI is InChI=1S/C28H27FN4O3S/c1-4-24(27(35)31-25-18(2)32(3)33(28(25)36)20-12-6-5-7-13-20)37-21-14-10-11-19(17-21)30-26(34)22-15-8-9-16-23(22)29/h5-17,24H,4H2,1-3H3,(H,30,34)(H,31,35). The van der Waals surface area contributed by atoms with Crippen LogP contribution in [-0.4, -0.2) is 26.4 Å². The molecule has 1 atom stereocenters. The van der Waals surface area contributed by atoms with Crippen LogP contribution in [0, 0.1) is 12.7 Å². The minimum Gasteiger partial charge on any atom is -0.322 e. The number of hydrogen-bond acceptors (Lipinski definition) is 4. The molecule has 0 bridgehead atoms. The van der Waals surface area contributed by atoms with E-state index in [1.165, 1.54) is 34.6 Å². The molecular weight excluding hydrogens is 491 g/mol. The summed E-state index contributed by atoms with van der Waals surface area (Å²) in [6.45, 7) is 3.67. The van der Waals surface area contributed by atoms with Crippen LogP contribution in [0.15, 0.2) is 88.6 Å². The zero-order valence-electron chi connectivity index (χ0n) is 20.7. The number of rotatable bonds is 8. The molecule has 37 heavy (non-hydrogen) atoms. The van der Waals surface area contributed by atoms with Crippen LogP contribution in [0.25, 0.3) is 5.69 Å². The molecule has 0 saturated carbocycles. The van der Waals surface area contributed by atoms with Crippen LogP contribution in [-0.2, 0) is 11.8 Å². The Hall–Kier alpha value is -4.11. The number of halogens is 1. The molecule has 1 aromatic heterocycles. The summed E-state index contributed by atoms with van der Waals surface area (Å²) in [5.74, 6) is -1.45. The maximum atomic E-state index is 14.0. The van der Waals surface area contributed by atoms with E-state index in [9.17, 15) is 18.8 Å². The number of para-hydroxylation sites is 1. The van der Waals surface area contributed by atoms with Crippen molar-refractivity contribution in [2.75, 3.05) is 10.6 Å². The third-order valence-electron chi connectivity index (χ3n) is 5.95. The van der Waals surface area contributed by atoms with E-state index in [-0.39, 0.29) is 22.7 Å². The molecule has 0 aliphatic rings. The zero-order valence-corrected chi connectivity index (χ0v) is 21.5. The molecule has 3 aromatic carbocycles. The van der Waals surface area contributed by atoms with Gasteiger partial charge in [-0.1, -0.05) is 43.3 Å². The third kappa shape index (κ3) is 5.67. The fourth-order valence-corrected chi connectivity index (χ4v) is 4.91. The molecule has 0 saturated heterocycles. The van der Waals surface area contributed by atoms with Crippen LogP contribution in [0.5, 0.6) is 0 Å². The summed E-state index contributed by atoms with van der Waals surface area (Å²) in [6.07, 6.45) is 0.515. The minimum atomic E-state index is -0.601.